The van der Waals surface area contributed by atoms with E-state index in [0.29, 0.717) is 21.7 Å². The van der Waals surface area contributed by atoms with Crippen molar-refractivity contribution in [2.45, 2.75) is 40.5 Å². The number of thioether (sulfide) groups is 1. The summed E-state index contributed by atoms with van der Waals surface area (Å²) in [5.74, 6) is -0.221. The Kier molecular flexibility index (Phi) is 6.64. The van der Waals surface area contributed by atoms with Crippen LogP contribution < -0.4 is 5.32 Å². The molecule has 0 unspecified atom stereocenters. The standard InChI is InChI=1S/C24H24N2O2S2/c1-13-6-7-18(10-15(13)3)20(28)12-30-24-19(11-25)22(23-14(2)8-9-29-23)21(17(5)27)16(4)26-24/h6-10,22,26H,12H2,1-5H3/t22-/m1/s1. The predicted molar refractivity (Wildman–Crippen MR) is 124 cm³/mol. The first-order valence-corrected chi connectivity index (χ1v) is 11.5. The van der Waals surface area contributed by atoms with Crippen molar-refractivity contribution in [3.8, 4) is 6.07 Å². The number of carbonyl (C=O) groups is 2. The summed E-state index contributed by atoms with van der Waals surface area (Å²) in [7, 11) is 0. The summed E-state index contributed by atoms with van der Waals surface area (Å²) in [6.45, 7) is 9.39. The van der Waals surface area contributed by atoms with Crippen LogP contribution in [0.5, 0.6) is 0 Å². The number of allylic oxidation sites excluding steroid dienone is 3. The Balaban J connectivity index is 1.94. The highest BCUT2D eigenvalue weighted by molar-refractivity contribution is 8.03. The van der Waals surface area contributed by atoms with E-state index in [1.165, 1.54) is 18.7 Å². The fourth-order valence-electron chi connectivity index (χ4n) is 3.57. The quantitative estimate of drug-likeness (QED) is 0.599. The van der Waals surface area contributed by atoms with Gasteiger partial charge in [-0.05, 0) is 68.8 Å². The third kappa shape index (κ3) is 4.28. The molecule has 1 aromatic heterocycles. The lowest BCUT2D eigenvalue weighted by Gasteiger charge is -2.29. The molecule has 1 atom stereocenters. The molecule has 154 valence electrons. The molecule has 0 radical (unpaired) electrons. The Morgan fingerprint density at radius 1 is 1.13 bits per heavy atom. The summed E-state index contributed by atoms with van der Waals surface area (Å²) >= 11 is 2.87. The van der Waals surface area contributed by atoms with Crippen LogP contribution in [0.4, 0.5) is 0 Å². The van der Waals surface area contributed by atoms with Gasteiger partial charge in [0.1, 0.15) is 0 Å². The maximum Gasteiger partial charge on any atom is 0.173 e. The first-order valence-electron chi connectivity index (χ1n) is 9.64. The van der Waals surface area contributed by atoms with Gasteiger partial charge >= 0.3 is 0 Å². The van der Waals surface area contributed by atoms with Crippen LogP contribution in [0, 0.1) is 32.1 Å². The van der Waals surface area contributed by atoms with Gasteiger partial charge in [-0.2, -0.15) is 5.26 Å². The topological polar surface area (TPSA) is 70.0 Å². The van der Waals surface area contributed by atoms with Crippen LogP contribution in [0.2, 0.25) is 0 Å². The fourth-order valence-corrected chi connectivity index (χ4v) is 5.60. The molecule has 2 aromatic rings. The lowest BCUT2D eigenvalue weighted by atomic mass is 9.84. The van der Waals surface area contributed by atoms with Gasteiger partial charge < -0.3 is 5.32 Å². The number of aryl methyl sites for hydroxylation is 3. The van der Waals surface area contributed by atoms with Crippen molar-refractivity contribution < 1.29 is 9.59 Å². The molecule has 0 fully saturated rings. The van der Waals surface area contributed by atoms with Gasteiger partial charge in [0.2, 0.25) is 0 Å². The predicted octanol–water partition coefficient (Wildman–Crippen LogP) is 5.57. The summed E-state index contributed by atoms with van der Waals surface area (Å²) in [5.41, 5.74) is 5.80. The van der Waals surface area contributed by atoms with Gasteiger partial charge in [0.25, 0.3) is 0 Å². The molecule has 4 nitrogen and oxygen atoms in total. The van der Waals surface area contributed by atoms with Crippen molar-refractivity contribution in [1.29, 1.82) is 5.26 Å². The second kappa shape index (κ2) is 9.03. The van der Waals surface area contributed by atoms with Crippen LogP contribution in [-0.2, 0) is 4.79 Å². The number of rotatable bonds is 6. The highest BCUT2D eigenvalue weighted by Crippen LogP contribution is 2.43. The van der Waals surface area contributed by atoms with Gasteiger partial charge in [-0.25, -0.2) is 0 Å². The number of nitrogens with one attached hydrogen (secondary N) is 1. The first-order chi connectivity index (χ1) is 14.2. The summed E-state index contributed by atoms with van der Waals surface area (Å²) in [6.07, 6.45) is 0. The van der Waals surface area contributed by atoms with Crippen molar-refractivity contribution in [2.24, 2.45) is 0 Å². The summed E-state index contributed by atoms with van der Waals surface area (Å²) in [4.78, 5) is 26.2. The molecular formula is C24H24N2O2S2. The molecular weight excluding hydrogens is 412 g/mol. The van der Waals surface area contributed by atoms with Gasteiger partial charge in [-0.1, -0.05) is 23.9 Å². The van der Waals surface area contributed by atoms with E-state index >= 15 is 0 Å². The molecule has 0 aliphatic carbocycles. The number of nitriles is 1. The zero-order chi connectivity index (χ0) is 22.0. The Morgan fingerprint density at radius 2 is 1.87 bits per heavy atom. The third-order valence-electron chi connectivity index (χ3n) is 5.37. The zero-order valence-corrected chi connectivity index (χ0v) is 19.4. The van der Waals surface area contributed by atoms with Gasteiger partial charge in [0.15, 0.2) is 11.6 Å². The molecule has 1 aromatic carbocycles. The van der Waals surface area contributed by atoms with Crippen molar-refractivity contribution in [3.63, 3.8) is 0 Å². The van der Waals surface area contributed by atoms with E-state index in [2.05, 4.69) is 11.4 Å². The molecule has 0 amide bonds. The molecule has 30 heavy (non-hydrogen) atoms. The van der Waals surface area contributed by atoms with Gasteiger partial charge in [0, 0.05) is 21.7 Å². The summed E-state index contributed by atoms with van der Waals surface area (Å²) in [6, 6.07) is 10.0. The van der Waals surface area contributed by atoms with Crippen LogP contribution in [0.1, 0.15) is 51.7 Å². The number of hydrogen-bond donors (Lipinski definition) is 1. The van der Waals surface area contributed by atoms with E-state index in [4.69, 9.17) is 0 Å². The van der Waals surface area contributed by atoms with E-state index in [1.807, 2.05) is 57.3 Å². The number of thiophene rings is 1. The van der Waals surface area contributed by atoms with Crippen LogP contribution in [0.3, 0.4) is 0 Å². The van der Waals surface area contributed by atoms with E-state index < -0.39 is 5.92 Å². The molecule has 0 spiro atoms. The fraction of sp³-hybridized carbons (Fsp3) is 0.292. The maximum absolute atomic E-state index is 12.7. The van der Waals surface area contributed by atoms with E-state index in [0.717, 1.165) is 27.3 Å². The minimum absolute atomic E-state index is 0.0116. The number of dihydropyridines is 1. The van der Waals surface area contributed by atoms with E-state index in [-0.39, 0.29) is 17.3 Å². The van der Waals surface area contributed by atoms with Crippen molar-refractivity contribution in [1.82, 2.24) is 5.32 Å². The Hall–Kier alpha value is -2.62. The largest absolute Gasteiger partial charge is 0.353 e. The summed E-state index contributed by atoms with van der Waals surface area (Å²) in [5, 5.41) is 15.8. The second-order valence-electron chi connectivity index (χ2n) is 7.49. The number of nitrogens with zero attached hydrogens (tertiary/aromatic N) is 1. The Labute approximate surface area is 185 Å². The highest BCUT2D eigenvalue weighted by Gasteiger charge is 2.34. The SMILES string of the molecule is CC(=O)C1=C(C)NC(SCC(=O)c2ccc(C)c(C)c2)=C(C#N)[C@H]1c1sccc1C. The van der Waals surface area contributed by atoms with Crippen LogP contribution in [-0.4, -0.2) is 17.3 Å². The molecule has 0 saturated carbocycles. The first kappa shape index (κ1) is 22.1. The lowest BCUT2D eigenvalue weighted by Crippen LogP contribution is -2.27. The van der Waals surface area contributed by atoms with Crippen molar-refractivity contribution in [3.05, 3.63) is 78.6 Å². The van der Waals surface area contributed by atoms with E-state index in [9.17, 15) is 14.9 Å². The van der Waals surface area contributed by atoms with Crippen molar-refractivity contribution >= 4 is 34.7 Å². The van der Waals surface area contributed by atoms with Gasteiger partial charge in [0.05, 0.1) is 28.3 Å². The molecule has 0 saturated heterocycles. The van der Waals surface area contributed by atoms with E-state index in [1.54, 1.807) is 11.3 Å². The minimum atomic E-state index is -0.395. The molecule has 1 aliphatic heterocycles. The monoisotopic (exact) mass is 436 g/mol. The molecule has 6 heteroatoms. The number of ketones is 2. The molecule has 1 N–H and O–H groups in total. The number of Topliss-reactive ketones (excluding diaryl/α,β-unsaturated/α-hetero) is 2. The molecule has 0 bridgehead atoms. The highest BCUT2D eigenvalue weighted by atomic mass is 32.2. The smallest absolute Gasteiger partial charge is 0.173 e. The average molecular weight is 437 g/mol. The number of hydrogen-bond acceptors (Lipinski definition) is 6. The third-order valence-corrected chi connectivity index (χ3v) is 7.47. The minimum Gasteiger partial charge on any atom is -0.353 e. The lowest BCUT2D eigenvalue weighted by molar-refractivity contribution is -0.113. The molecule has 2 heterocycles. The van der Waals surface area contributed by atoms with Crippen molar-refractivity contribution in [2.75, 3.05) is 5.75 Å². The molecule has 3 rings (SSSR count). The zero-order valence-electron chi connectivity index (χ0n) is 17.8. The second-order valence-corrected chi connectivity index (χ2v) is 9.42. The molecule has 1 aliphatic rings. The van der Waals surface area contributed by atoms with Crippen LogP contribution >= 0.6 is 23.1 Å². The van der Waals surface area contributed by atoms with Gasteiger partial charge in [-0.3, -0.25) is 9.59 Å². The average Bonchev–Trinajstić information content (AvgIpc) is 3.12. The Bertz CT molecular complexity index is 1130. The normalized spacial score (nSPS) is 16.3. The van der Waals surface area contributed by atoms with Crippen LogP contribution in [0.15, 0.2) is 51.5 Å². The number of benzene rings is 1. The van der Waals surface area contributed by atoms with Gasteiger partial charge in [-0.15, -0.1) is 11.3 Å². The van der Waals surface area contributed by atoms with Crippen LogP contribution in [0.25, 0.3) is 0 Å². The summed E-state index contributed by atoms with van der Waals surface area (Å²) < 4.78 is 0. The maximum atomic E-state index is 12.7. The number of carbonyl (C=O) groups excluding carboxylic acids is 2. The Morgan fingerprint density at radius 3 is 2.43 bits per heavy atom.